The SMILES string of the molecule is CN(C)Cc1cccc(C2CCCN2C(=O)c2cc(C(C)(C)C)[nH]n2)n1. The van der Waals surface area contributed by atoms with Crippen molar-refractivity contribution in [3.8, 4) is 0 Å². The van der Waals surface area contributed by atoms with E-state index >= 15 is 0 Å². The second-order valence-corrected chi connectivity index (χ2v) is 8.37. The molecule has 1 fully saturated rings. The highest BCUT2D eigenvalue weighted by Gasteiger charge is 2.33. The molecule has 0 aliphatic carbocycles. The molecule has 1 aliphatic heterocycles. The molecule has 26 heavy (non-hydrogen) atoms. The van der Waals surface area contributed by atoms with Crippen LogP contribution in [0.15, 0.2) is 24.3 Å². The zero-order valence-corrected chi connectivity index (χ0v) is 16.4. The lowest BCUT2D eigenvalue weighted by molar-refractivity contribution is 0.0726. The zero-order valence-electron chi connectivity index (χ0n) is 16.4. The summed E-state index contributed by atoms with van der Waals surface area (Å²) in [4.78, 5) is 21.9. The van der Waals surface area contributed by atoms with Crippen molar-refractivity contribution in [2.75, 3.05) is 20.6 Å². The van der Waals surface area contributed by atoms with Crippen LogP contribution in [0.4, 0.5) is 0 Å². The number of likely N-dealkylation sites (tertiary alicyclic amines) is 1. The largest absolute Gasteiger partial charge is 0.329 e. The number of aromatic amines is 1. The molecular weight excluding hydrogens is 326 g/mol. The summed E-state index contributed by atoms with van der Waals surface area (Å²) in [6.45, 7) is 7.86. The van der Waals surface area contributed by atoms with Gasteiger partial charge in [-0.3, -0.25) is 14.9 Å². The number of pyridine rings is 1. The minimum atomic E-state index is -0.0575. The third-order valence-electron chi connectivity index (χ3n) is 4.77. The first kappa shape index (κ1) is 18.6. The molecule has 2 aromatic heterocycles. The lowest BCUT2D eigenvalue weighted by Crippen LogP contribution is -2.31. The van der Waals surface area contributed by atoms with Crippen LogP contribution in [0.2, 0.25) is 0 Å². The predicted octanol–water partition coefficient (Wildman–Crippen LogP) is 3.14. The van der Waals surface area contributed by atoms with Gasteiger partial charge >= 0.3 is 0 Å². The summed E-state index contributed by atoms with van der Waals surface area (Å²) in [6, 6.07) is 8.01. The van der Waals surface area contributed by atoms with E-state index in [0.29, 0.717) is 5.69 Å². The molecule has 1 saturated heterocycles. The Morgan fingerprint density at radius 1 is 1.35 bits per heavy atom. The number of nitrogens with zero attached hydrogens (tertiary/aromatic N) is 4. The number of H-pyrrole nitrogens is 1. The Bertz CT molecular complexity index is 775. The summed E-state index contributed by atoms with van der Waals surface area (Å²) >= 11 is 0. The van der Waals surface area contributed by atoms with Crippen LogP contribution in [0.25, 0.3) is 0 Å². The second-order valence-electron chi connectivity index (χ2n) is 8.37. The summed E-state index contributed by atoms with van der Waals surface area (Å²) in [6.07, 6.45) is 1.94. The maximum atomic E-state index is 13.0. The second kappa shape index (κ2) is 7.19. The Morgan fingerprint density at radius 3 is 2.77 bits per heavy atom. The van der Waals surface area contributed by atoms with Gasteiger partial charge in [-0.15, -0.1) is 0 Å². The van der Waals surface area contributed by atoms with Crippen LogP contribution in [-0.4, -0.2) is 51.5 Å². The van der Waals surface area contributed by atoms with E-state index in [4.69, 9.17) is 4.98 Å². The summed E-state index contributed by atoms with van der Waals surface area (Å²) in [5.41, 5.74) is 3.41. The van der Waals surface area contributed by atoms with Crippen molar-refractivity contribution in [1.82, 2.24) is 25.0 Å². The van der Waals surface area contributed by atoms with Crippen molar-refractivity contribution in [2.45, 2.75) is 51.6 Å². The monoisotopic (exact) mass is 355 g/mol. The fraction of sp³-hybridized carbons (Fsp3) is 0.550. The highest BCUT2D eigenvalue weighted by atomic mass is 16.2. The molecule has 140 valence electrons. The Balaban J connectivity index is 1.82. The molecule has 1 aliphatic rings. The summed E-state index contributed by atoms with van der Waals surface area (Å²) in [5.74, 6) is -0.0148. The lowest BCUT2D eigenvalue weighted by atomic mass is 9.92. The van der Waals surface area contributed by atoms with Crippen molar-refractivity contribution in [3.63, 3.8) is 0 Å². The molecule has 1 unspecified atom stereocenters. The van der Waals surface area contributed by atoms with E-state index in [1.54, 1.807) is 0 Å². The molecule has 6 nitrogen and oxygen atoms in total. The van der Waals surface area contributed by atoms with E-state index in [-0.39, 0.29) is 17.4 Å². The third kappa shape index (κ3) is 3.96. The van der Waals surface area contributed by atoms with Crippen LogP contribution in [0.1, 0.15) is 67.2 Å². The van der Waals surface area contributed by atoms with E-state index in [1.165, 1.54) is 0 Å². The van der Waals surface area contributed by atoms with Crippen LogP contribution in [0.5, 0.6) is 0 Å². The molecule has 6 heteroatoms. The van der Waals surface area contributed by atoms with Gasteiger partial charge < -0.3 is 9.80 Å². The fourth-order valence-electron chi connectivity index (χ4n) is 3.38. The topological polar surface area (TPSA) is 65.1 Å². The van der Waals surface area contributed by atoms with Crippen LogP contribution < -0.4 is 0 Å². The van der Waals surface area contributed by atoms with E-state index in [2.05, 4.69) is 35.9 Å². The molecule has 3 heterocycles. The smallest absolute Gasteiger partial charge is 0.274 e. The van der Waals surface area contributed by atoms with Gasteiger partial charge in [0.1, 0.15) is 5.69 Å². The summed E-state index contributed by atoms with van der Waals surface area (Å²) in [5, 5.41) is 7.29. The van der Waals surface area contributed by atoms with Crippen LogP contribution >= 0.6 is 0 Å². The number of carbonyl (C=O) groups is 1. The van der Waals surface area contributed by atoms with Crippen molar-refractivity contribution in [2.24, 2.45) is 0 Å². The third-order valence-corrected chi connectivity index (χ3v) is 4.77. The van der Waals surface area contributed by atoms with Gasteiger partial charge in [-0.1, -0.05) is 26.8 Å². The van der Waals surface area contributed by atoms with E-state index in [0.717, 1.165) is 43.0 Å². The van der Waals surface area contributed by atoms with E-state index in [9.17, 15) is 4.79 Å². The van der Waals surface area contributed by atoms with Crippen molar-refractivity contribution < 1.29 is 4.79 Å². The first-order valence-electron chi connectivity index (χ1n) is 9.23. The maximum absolute atomic E-state index is 13.0. The van der Waals surface area contributed by atoms with Crippen LogP contribution in [0.3, 0.4) is 0 Å². The van der Waals surface area contributed by atoms with Gasteiger partial charge in [0, 0.05) is 24.2 Å². The average molecular weight is 355 g/mol. The highest BCUT2D eigenvalue weighted by molar-refractivity contribution is 5.93. The molecule has 0 radical (unpaired) electrons. The quantitative estimate of drug-likeness (QED) is 0.915. The zero-order chi connectivity index (χ0) is 18.9. The van der Waals surface area contributed by atoms with E-state index < -0.39 is 0 Å². The van der Waals surface area contributed by atoms with Gasteiger partial charge in [-0.05, 0) is 45.1 Å². The van der Waals surface area contributed by atoms with Gasteiger partial charge in [0.25, 0.3) is 5.91 Å². The molecule has 0 spiro atoms. The van der Waals surface area contributed by atoms with Crippen molar-refractivity contribution in [1.29, 1.82) is 0 Å². The van der Waals surface area contributed by atoms with Crippen molar-refractivity contribution in [3.05, 3.63) is 47.0 Å². The Hall–Kier alpha value is -2.21. The van der Waals surface area contributed by atoms with Gasteiger partial charge in [-0.2, -0.15) is 5.10 Å². The molecule has 1 amide bonds. The predicted molar refractivity (Wildman–Crippen MR) is 102 cm³/mol. The first-order valence-corrected chi connectivity index (χ1v) is 9.23. The minimum absolute atomic E-state index is 0.0148. The van der Waals surface area contributed by atoms with Gasteiger partial charge in [0.2, 0.25) is 0 Å². The van der Waals surface area contributed by atoms with Gasteiger partial charge in [0.15, 0.2) is 0 Å². The molecule has 1 atom stereocenters. The fourth-order valence-corrected chi connectivity index (χ4v) is 3.38. The average Bonchev–Trinajstić information content (AvgIpc) is 3.23. The number of carbonyl (C=O) groups excluding carboxylic acids is 1. The molecule has 0 saturated carbocycles. The Morgan fingerprint density at radius 2 is 2.12 bits per heavy atom. The minimum Gasteiger partial charge on any atom is -0.329 e. The number of hydrogen-bond donors (Lipinski definition) is 1. The normalized spacial score (nSPS) is 17.9. The lowest BCUT2D eigenvalue weighted by Gasteiger charge is -2.24. The molecule has 2 aromatic rings. The number of aromatic nitrogens is 3. The molecule has 1 N–H and O–H groups in total. The standard InChI is InChI=1S/C20H29N5O/c1-20(2,3)18-12-16(22-23-18)19(26)25-11-7-10-17(25)15-9-6-8-14(21-15)13-24(4)5/h6,8-9,12,17H,7,10-11,13H2,1-5H3,(H,22,23). The Labute approximate surface area is 155 Å². The number of hydrogen-bond acceptors (Lipinski definition) is 4. The van der Waals surface area contributed by atoms with Gasteiger partial charge in [-0.25, -0.2) is 0 Å². The van der Waals surface area contributed by atoms with Crippen molar-refractivity contribution >= 4 is 5.91 Å². The summed E-state index contributed by atoms with van der Waals surface area (Å²) in [7, 11) is 4.06. The molecular formula is C20H29N5O. The number of amides is 1. The molecule has 3 rings (SSSR count). The van der Waals surface area contributed by atoms with Crippen LogP contribution in [0, 0.1) is 0 Å². The highest BCUT2D eigenvalue weighted by Crippen LogP contribution is 2.32. The van der Waals surface area contributed by atoms with E-state index in [1.807, 2.05) is 43.3 Å². The number of nitrogens with one attached hydrogen (secondary N) is 1. The summed E-state index contributed by atoms with van der Waals surface area (Å²) < 4.78 is 0. The maximum Gasteiger partial charge on any atom is 0.274 e. The van der Waals surface area contributed by atoms with Crippen LogP contribution in [-0.2, 0) is 12.0 Å². The number of rotatable bonds is 4. The van der Waals surface area contributed by atoms with Gasteiger partial charge in [0.05, 0.1) is 17.4 Å². The first-order chi connectivity index (χ1) is 12.3. The molecule has 0 aromatic carbocycles. The molecule has 0 bridgehead atoms. The Kier molecular flexibility index (Phi) is 5.14.